The Balaban J connectivity index is 0.00000667. The minimum Gasteiger partial charge on any atom is -0.509 e. The number of rotatable bonds is 6. The van der Waals surface area contributed by atoms with E-state index in [0.29, 0.717) is 28.4 Å². The first-order valence-corrected chi connectivity index (χ1v) is 28.4. The normalized spacial score (nSPS) is 18.5. The Morgan fingerprint density at radius 2 is 1.07 bits per heavy atom. The smallest absolute Gasteiger partial charge is 0.135 e. The zero-order chi connectivity index (χ0) is 59.6. The zero-order valence-electron chi connectivity index (χ0n) is 52.6. The van der Waals surface area contributed by atoms with E-state index in [9.17, 15) is 0 Å². The molecule has 2 unspecified atom stereocenters. The van der Waals surface area contributed by atoms with E-state index in [4.69, 9.17) is 16.6 Å². The van der Waals surface area contributed by atoms with Gasteiger partial charge in [-0.25, -0.2) is 4.98 Å². The second kappa shape index (κ2) is 19.0. The van der Waals surface area contributed by atoms with Crippen LogP contribution in [0, 0.1) is 18.8 Å². The molecule has 2 atom stereocenters. The molecule has 7 aliphatic rings. The molecule has 408 valence electrons. The van der Waals surface area contributed by atoms with Crippen molar-refractivity contribution in [3.8, 4) is 28.4 Å². The molecule has 82 heavy (non-hydrogen) atoms. The summed E-state index contributed by atoms with van der Waals surface area (Å²) < 4.78 is 51.7. The fraction of sp³-hybridized carbons (Fsp3) is 0.211. The number of aromatic nitrogens is 2. The number of ether oxygens (including phenoxy) is 1. The van der Waals surface area contributed by atoms with E-state index in [1.54, 1.807) is 0 Å². The van der Waals surface area contributed by atoms with E-state index in [1.165, 1.54) is 61.3 Å². The monoisotopic (exact) mass is 1250 g/mol. The van der Waals surface area contributed by atoms with Gasteiger partial charge in [-0.15, -0.1) is 48.1 Å². The van der Waals surface area contributed by atoms with Crippen molar-refractivity contribution >= 4 is 44.6 Å². The Bertz CT molecular complexity index is 4610. The first-order valence-electron chi connectivity index (χ1n) is 30.9. The van der Waals surface area contributed by atoms with Gasteiger partial charge in [0.25, 0.3) is 0 Å². The van der Waals surface area contributed by atoms with Gasteiger partial charge in [-0.05, 0) is 130 Å². The number of benzene rings is 9. The van der Waals surface area contributed by atoms with Gasteiger partial charge < -0.3 is 19.1 Å². The summed E-state index contributed by atoms with van der Waals surface area (Å²) >= 11 is 0. The summed E-state index contributed by atoms with van der Waals surface area (Å²) in [5.74, 6) is 1.97. The Hall–Kier alpha value is -7.98. The van der Waals surface area contributed by atoms with Crippen molar-refractivity contribution in [2.24, 2.45) is 0 Å². The maximum absolute atomic E-state index is 8.82. The van der Waals surface area contributed by atoms with E-state index in [-0.39, 0.29) is 90.7 Å². The van der Waals surface area contributed by atoms with Gasteiger partial charge >= 0.3 is 0 Å². The second-order valence-electron chi connectivity index (χ2n) is 25.7. The molecule has 9 aromatic carbocycles. The average molecular weight is 1250 g/mol. The van der Waals surface area contributed by atoms with Crippen molar-refractivity contribution in [3.05, 3.63) is 280 Å². The molecule has 2 aromatic heterocycles. The van der Waals surface area contributed by atoms with Crippen LogP contribution in [0.4, 0.5) is 22.7 Å². The molecule has 0 saturated heterocycles. The van der Waals surface area contributed by atoms with Crippen LogP contribution in [-0.4, -0.2) is 9.55 Å². The topological polar surface area (TPSA) is 33.5 Å². The van der Waals surface area contributed by atoms with Gasteiger partial charge in [0.1, 0.15) is 5.82 Å². The van der Waals surface area contributed by atoms with E-state index in [1.807, 2.05) is 54.7 Å². The molecule has 6 aliphatic carbocycles. The molecule has 3 heterocycles. The number of nitrogens with zero attached hydrogens (tertiary/aromatic N) is 4. The Labute approximate surface area is 504 Å². The molecule has 0 fully saturated rings. The van der Waals surface area contributed by atoms with Gasteiger partial charge in [-0.1, -0.05) is 195 Å². The Morgan fingerprint density at radius 1 is 0.476 bits per heavy atom. The van der Waals surface area contributed by atoms with E-state index >= 15 is 0 Å². The van der Waals surface area contributed by atoms with Crippen molar-refractivity contribution < 1.29 is 32.7 Å². The summed E-state index contributed by atoms with van der Waals surface area (Å²) in [6.45, 7) is 22.8. The van der Waals surface area contributed by atoms with Crippen molar-refractivity contribution in [1.82, 2.24) is 9.55 Å². The summed E-state index contributed by atoms with van der Waals surface area (Å²) in [7, 11) is 0. The van der Waals surface area contributed by atoms with Crippen molar-refractivity contribution in [1.29, 1.82) is 0 Å². The number of anilines is 4. The molecular formula is C76H65N4OPt-3. The molecule has 0 radical (unpaired) electrons. The summed E-state index contributed by atoms with van der Waals surface area (Å²) in [6.07, 6.45) is 1.83. The molecule has 0 N–H and O–H groups in total. The molecule has 0 saturated carbocycles. The molecule has 11 aromatic rings. The molecule has 6 heteroatoms. The number of para-hydroxylation sites is 2. The largest absolute Gasteiger partial charge is 0.509 e. The number of fused-ring (bicyclic) bond motifs is 4. The molecule has 0 amide bonds. The van der Waals surface area contributed by atoms with Crippen molar-refractivity contribution in [3.63, 3.8) is 0 Å². The third-order valence-electron chi connectivity index (χ3n) is 17.7. The number of hydrogen-bond donors (Lipinski definition) is 0. The standard InChI is InChI=1S/C76H65N4O.Pt/c1-74(2,3)48-31-33-59-61(39-48)73-70-57-26-15-13-24-55(57)69(56-25-14-16-27-58(56)70)71(59)62-40-50(76(7,8)9)41-67(72(62)73)79-45-78(64-28-17-18-29-65(64)79)51-22-19-23-52(43-51)81-53-32-34-54-60-38-47(46-20-11-10-12-21-46)30-35-63(60)80(66(54)44-53)68-42-49(36-37-77-68)75(4,5)6;/h10-42,45,69-71,73H,1-9H3;/q-3;/i10D,11D,12D,20D,21D;. The molecular weight excluding hydrogens is 1180 g/mol. The number of hydrogen-bond acceptors (Lipinski definition) is 4. The van der Waals surface area contributed by atoms with Crippen LogP contribution in [0.15, 0.2) is 200 Å². The molecule has 4 bridgehead atoms. The zero-order valence-corrected chi connectivity index (χ0v) is 49.8. The molecule has 5 nitrogen and oxygen atoms in total. The maximum atomic E-state index is 8.82. The van der Waals surface area contributed by atoms with Crippen LogP contribution in [0.5, 0.6) is 11.5 Å². The number of pyridine rings is 1. The predicted molar refractivity (Wildman–Crippen MR) is 332 cm³/mol. The van der Waals surface area contributed by atoms with Gasteiger partial charge in [0, 0.05) is 85.0 Å². The van der Waals surface area contributed by atoms with Crippen molar-refractivity contribution in [2.45, 2.75) is 102 Å². The third-order valence-corrected chi connectivity index (χ3v) is 17.7. The first-order chi connectivity index (χ1) is 41.1. The van der Waals surface area contributed by atoms with Crippen LogP contribution < -0.4 is 14.5 Å². The third kappa shape index (κ3) is 8.24. The van der Waals surface area contributed by atoms with Gasteiger partial charge in [0.05, 0.1) is 6.85 Å². The van der Waals surface area contributed by atoms with E-state index in [0.717, 1.165) is 38.9 Å². The summed E-state index contributed by atoms with van der Waals surface area (Å²) in [5, 5.41) is 1.65. The van der Waals surface area contributed by atoms with Crippen LogP contribution in [0.25, 0.3) is 38.8 Å². The quantitative estimate of drug-likeness (QED) is 0.155. The SMILES string of the molecule is [2H]c1c([2H])c([2H])c(-c2ccc3c(c2)c2ccc(Oc4[c-]c(N5[CH-]N(c6cc(C(C)(C)C)cc7c6C6c8cc(C(C)(C)C)ccc8C7C7c8ccccc8C6c6ccccc67)c6ccccc65)ccc4)[c-]c2n3-c2cc(C(C)(C)C)ccn2)c([2H])c1[2H].[Pt]. The second-order valence-corrected chi connectivity index (χ2v) is 25.7. The average Bonchev–Trinajstić information content (AvgIpc) is 1.02. The van der Waals surface area contributed by atoms with Gasteiger partial charge in [0.15, 0.2) is 0 Å². The van der Waals surface area contributed by atoms with Crippen molar-refractivity contribution in [2.75, 3.05) is 9.80 Å². The van der Waals surface area contributed by atoms with Crippen LogP contribution in [0.2, 0.25) is 0 Å². The Morgan fingerprint density at radius 3 is 1.76 bits per heavy atom. The summed E-state index contributed by atoms with van der Waals surface area (Å²) in [6, 6.07) is 65.2. The van der Waals surface area contributed by atoms with Gasteiger partial charge in [-0.3, -0.25) is 0 Å². The van der Waals surface area contributed by atoms with Crippen LogP contribution in [-0.2, 0) is 37.3 Å². The van der Waals surface area contributed by atoms with Crippen LogP contribution >= 0.6 is 0 Å². The fourth-order valence-electron chi connectivity index (χ4n) is 13.7. The summed E-state index contributed by atoms with van der Waals surface area (Å²) in [5.41, 5.74) is 21.1. The van der Waals surface area contributed by atoms with Gasteiger partial charge in [-0.2, -0.15) is 12.1 Å². The van der Waals surface area contributed by atoms with Gasteiger partial charge in [0.2, 0.25) is 0 Å². The molecule has 1 aliphatic heterocycles. The van der Waals surface area contributed by atoms with Crippen LogP contribution in [0.1, 0.15) is 154 Å². The predicted octanol–water partition coefficient (Wildman–Crippen LogP) is 19.4. The molecule has 18 rings (SSSR count). The van der Waals surface area contributed by atoms with Crippen LogP contribution in [0.3, 0.4) is 0 Å². The summed E-state index contributed by atoms with van der Waals surface area (Å²) in [4.78, 5) is 9.61. The van der Waals surface area contributed by atoms with E-state index < -0.39 is 6.04 Å². The van der Waals surface area contributed by atoms with E-state index in [2.05, 4.69) is 211 Å². The fourth-order valence-corrected chi connectivity index (χ4v) is 13.7. The maximum Gasteiger partial charge on any atom is 0.135 e. The minimum absolute atomic E-state index is 0. The molecule has 0 spiro atoms. The first kappa shape index (κ1) is 46.6. The minimum atomic E-state index is -0.425. The Kier molecular flexibility index (Phi) is 10.8.